The average Bonchev–Trinajstić information content (AvgIpc) is 1.98. The van der Waals surface area contributed by atoms with E-state index < -0.39 is 10.8 Å². The van der Waals surface area contributed by atoms with E-state index in [2.05, 4.69) is 6.92 Å². The molecule has 4 rings (SSSR count). The highest BCUT2D eigenvalue weighted by Crippen LogP contribution is 2.54. The first kappa shape index (κ1) is 7.54. The summed E-state index contributed by atoms with van der Waals surface area (Å²) < 4.78 is 12.2. The van der Waals surface area contributed by atoms with Crippen LogP contribution in [0.5, 0.6) is 0 Å². The van der Waals surface area contributed by atoms with Gasteiger partial charge in [0.25, 0.3) is 0 Å². The fourth-order valence-electron chi connectivity index (χ4n) is 3.88. The lowest BCUT2D eigenvalue weighted by molar-refractivity contribution is 0.141. The molecular formula is C10H16OS. The normalized spacial score (nSPS) is 62.4. The van der Waals surface area contributed by atoms with Crippen LogP contribution in [-0.2, 0) is 10.8 Å². The molecule has 0 aromatic rings. The summed E-state index contributed by atoms with van der Waals surface area (Å²) in [6.45, 7) is 2.26. The molecule has 1 nitrogen and oxygen atoms in total. The van der Waals surface area contributed by atoms with E-state index in [1.807, 2.05) is 0 Å². The van der Waals surface area contributed by atoms with Crippen molar-refractivity contribution in [1.82, 2.24) is 0 Å². The van der Waals surface area contributed by atoms with Gasteiger partial charge in [-0.2, -0.15) is 0 Å². The van der Waals surface area contributed by atoms with Gasteiger partial charge >= 0.3 is 0 Å². The quantitative estimate of drug-likeness (QED) is 0.563. The lowest BCUT2D eigenvalue weighted by Crippen LogP contribution is -2.54. The van der Waals surface area contributed by atoms with Gasteiger partial charge in [-0.05, 0) is 50.9 Å². The van der Waals surface area contributed by atoms with Gasteiger partial charge in [0.2, 0.25) is 0 Å². The van der Waals surface area contributed by atoms with Crippen LogP contribution in [0.2, 0.25) is 0 Å². The van der Waals surface area contributed by atoms with Gasteiger partial charge < -0.3 is 0 Å². The first-order valence-corrected chi connectivity index (χ1v) is 6.29. The molecule has 2 heteroatoms. The van der Waals surface area contributed by atoms with E-state index in [4.69, 9.17) is 0 Å². The van der Waals surface area contributed by atoms with E-state index in [0.29, 0.717) is 5.25 Å². The average molecular weight is 184 g/mol. The summed E-state index contributed by atoms with van der Waals surface area (Å²) in [4.78, 5) is 0. The fraction of sp³-hybridized carbons (Fsp3) is 1.00. The van der Waals surface area contributed by atoms with Crippen molar-refractivity contribution in [3.63, 3.8) is 0 Å². The van der Waals surface area contributed by atoms with Crippen LogP contribution in [-0.4, -0.2) is 14.2 Å². The molecular weight excluding hydrogens is 168 g/mol. The van der Waals surface area contributed by atoms with Crippen LogP contribution >= 0.6 is 0 Å². The smallest absolute Gasteiger partial charge is 0.0439 e. The summed E-state index contributed by atoms with van der Waals surface area (Å²) in [6.07, 6.45) is 6.51. The third kappa shape index (κ3) is 0.822. The van der Waals surface area contributed by atoms with Crippen LogP contribution in [0.15, 0.2) is 0 Å². The van der Waals surface area contributed by atoms with Gasteiger partial charge in [0, 0.05) is 20.8 Å². The van der Waals surface area contributed by atoms with Crippen molar-refractivity contribution in [2.75, 3.05) is 0 Å². The third-order valence-corrected chi connectivity index (χ3v) is 6.38. The summed E-state index contributed by atoms with van der Waals surface area (Å²) in [5.74, 6) is 1.87. The molecule has 2 aliphatic carbocycles. The molecule has 12 heavy (non-hydrogen) atoms. The van der Waals surface area contributed by atoms with Gasteiger partial charge in [-0.1, -0.05) is 0 Å². The van der Waals surface area contributed by atoms with Crippen LogP contribution in [0.4, 0.5) is 0 Å². The summed E-state index contributed by atoms with van der Waals surface area (Å²) in [5.41, 5.74) is 0. The highest BCUT2D eigenvalue weighted by molar-refractivity contribution is 7.87. The van der Waals surface area contributed by atoms with E-state index in [0.717, 1.165) is 11.8 Å². The van der Waals surface area contributed by atoms with Gasteiger partial charge in [0.1, 0.15) is 0 Å². The molecule has 2 heterocycles. The Balaban J connectivity index is 2.02. The zero-order valence-electron chi connectivity index (χ0n) is 7.58. The Hall–Kier alpha value is 0.150. The highest BCUT2D eigenvalue weighted by Gasteiger charge is 2.53. The van der Waals surface area contributed by atoms with Gasteiger partial charge in [-0.25, -0.2) is 0 Å². The third-order valence-electron chi connectivity index (χ3n) is 4.09. The summed E-state index contributed by atoms with van der Waals surface area (Å²) in [6, 6.07) is 0. The molecule has 2 saturated heterocycles. The van der Waals surface area contributed by atoms with E-state index in [1.165, 1.54) is 32.1 Å². The van der Waals surface area contributed by atoms with Gasteiger partial charge in [-0.15, -0.1) is 0 Å². The standard InChI is InChI=1S/C10H16OS/c1-10-5-7-2-8(6-10)4-9(3-7)12(10)11/h7-9H,2-6H2,1H3. The predicted octanol–water partition coefficient (Wildman–Crippen LogP) is 2.09. The minimum atomic E-state index is -0.492. The van der Waals surface area contributed by atoms with E-state index >= 15 is 0 Å². The monoisotopic (exact) mass is 184 g/mol. The fourth-order valence-corrected chi connectivity index (χ4v) is 6.38. The van der Waals surface area contributed by atoms with Crippen molar-refractivity contribution < 1.29 is 4.21 Å². The lowest BCUT2D eigenvalue weighted by Gasteiger charge is -2.54. The SMILES string of the molecule is CC12CC3CC(CC(C3)S1=O)C2. The van der Waals surface area contributed by atoms with Gasteiger partial charge in [0.15, 0.2) is 0 Å². The second-order valence-electron chi connectivity index (χ2n) is 5.22. The number of hydrogen-bond acceptors (Lipinski definition) is 1. The van der Waals surface area contributed by atoms with Crippen LogP contribution in [0, 0.1) is 11.8 Å². The zero-order valence-corrected chi connectivity index (χ0v) is 8.40. The number of rotatable bonds is 0. The molecule has 68 valence electrons. The molecule has 0 N–H and O–H groups in total. The maximum atomic E-state index is 12.0. The molecule has 0 aromatic carbocycles. The van der Waals surface area contributed by atoms with E-state index in [1.54, 1.807) is 0 Å². The van der Waals surface area contributed by atoms with Crippen molar-refractivity contribution in [3.8, 4) is 0 Å². The lowest BCUT2D eigenvalue weighted by atomic mass is 9.67. The maximum Gasteiger partial charge on any atom is 0.0439 e. The molecule has 0 spiro atoms. The first-order valence-electron chi connectivity index (χ1n) is 5.08. The van der Waals surface area contributed by atoms with Crippen LogP contribution < -0.4 is 0 Å². The van der Waals surface area contributed by atoms with Crippen LogP contribution in [0.25, 0.3) is 0 Å². The Bertz CT molecular complexity index is 234. The van der Waals surface area contributed by atoms with Crippen molar-refractivity contribution in [3.05, 3.63) is 0 Å². The maximum absolute atomic E-state index is 12.0. The molecule has 2 aliphatic heterocycles. The molecule has 0 amide bonds. The summed E-state index contributed by atoms with van der Waals surface area (Å²) >= 11 is 0. The summed E-state index contributed by atoms with van der Waals surface area (Å²) in [5, 5.41) is 0.584. The van der Waals surface area contributed by atoms with Crippen molar-refractivity contribution >= 4 is 10.8 Å². The second-order valence-corrected chi connectivity index (χ2v) is 7.46. The molecule has 0 radical (unpaired) electrons. The number of hydrogen-bond donors (Lipinski definition) is 0. The van der Waals surface area contributed by atoms with Crippen LogP contribution in [0.3, 0.4) is 0 Å². The molecule has 4 aliphatic rings. The van der Waals surface area contributed by atoms with E-state index in [-0.39, 0.29) is 4.75 Å². The Morgan fingerprint density at radius 1 is 1.17 bits per heavy atom. The van der Waals surface area contributed by atoms with Crippen molar-refractivity contribution in [2.45, 2.75) is 49.0 Å². The molecule has 4 fully saturated rings. The molecule has 3 unspecified atom stereocenters. The topological polar surface area (TPSA) is 17.1 Å². The first-order chi connectivity index (χ1) is 5.67. The molecule has 2 saturated carbocycles. The van der Waals surface area contributed by atoms with Crippen molar-refractivity contribution in [2.24, 2.45) is 11.8 Å². The second kappa shape index (κ2) is 2.14. The Labute approximate surface area is 76.4 Å². The van der Waals surface area contributed by atoms with Gasteiger partial charge in [0.05, 0.1) is 0 Å². The molecule has 4 bridgehead atoms. The minimum absolute atomic E-state index is 0.231. The Kier molecular flexibility index (Phi) is 1.35. The Morgan fingerprint density at radius 2 is 1.75 bits per heavy atom. The van der Waals surface area contributed by atoms with Gasteiger partial charge in [-0.3, -0.25) is 4.21 Å². The van der Waals surface area contributed by atoms with Crippen LogP contribution in [0.1, 0.15) is 39.0 Å². The molecule has 3 atom stereocenters. The summed E-state index contributed by atoms with van der Waals surface area (Å²) in [7, 11) is -0.492. The molecule has 0 aromatic heterocycles. The highest BCUT2D eigenvalue weighted by atomic mass is 32.2. The zero-order chi connectivity index (χ0) is 8.34. The Morgan fingerprint density at radius 3 is 2.25 bits per heavy atom. The van der Waals surface area contributed by atoms with E-state index in [9.17, 15) is 4.21 Å². The minimum Gasteiger partial charge on any atom is -0.259 e. The predicted molar refractivity (Wildman–Crippen MR) is 50.4 cm³/mol. The van der Waals surface area contributed by atoms with Crippen molar-refractivity contribution in [1.29, 1.82) is 0 Å². The largest absolute Gasteiger partial charge is 0.259 e.